The zero-order chi connectivity index (χ0) is 16.7. The Morgan fingerprint density at radius 3 is 2.30 bits per heavy atom. The van der Waals surface area contributed by atoms with Gasteiger partial charge in [-0.05, 0) is 24.3 Å². The number of nitrogen functional groups attached to an aromatic ring is 1. The number of carbonyl (C=O) groups is 1. The number of nitrogens with zero attached hydrogens (tertiary/aromatic N) is 1. The standard InChI is InChI=1S/C16H9Cl3N2O2/c17-8-3-1-7(2-4-8)14-13(20)12(16(22)23)10-5-9(18)6-11(19)15(10)21-14/h1-6H,20H2,(H,22,23). The third-order valence-electron chi connectivity index (χ3n) is 3.38. The van der Waals surface area contributed by atoms with Gasteiger partial charge in [0, 0.05) is 21.0 Å². The van der Waals surface area contributed by atoms with E-state index in [4.69, 9.17) is 40.5 Å². The summed E-state index contributed by atoms with van der Waals surface area (Å²) in [6, 6.07) is 9.76. The van der Waals surface area contributed by atoms with Gasteiger partial charge in [-0.3, -0.25) is 0 Å². The van der Waals surface area contributed by atoms with E-state index in [1.165, 1.54) is 12.1 Å². The number of rotatable bonds is 2. The van der Waals surface area contributed by atoms with Crippen LogP contribution >= 0.6 is 34.8 Å². The fraction of sp³-hybridized carbons (Fsp3) is 0. The van der Waals surface area contributed by atoms with Gasteiger partial charge in [0.15, 0.2) is 0 Å². The summed E-state index contributed by atoms with van der Waals surface area (Å²) in [5.74, 6) is -1.18. The molecule has 0 aliphatic carbocycles. The van der Waals surface area contributed by atoms with Crippen LogP contribution in [0, 0.1) is 0 Å². The van der Waals surface area contributed by atoms with E-state index in [2.05, 4.69) is 4.98 Å². The second-order valence-electron chi connectivity index (χ2n) is 4.84. The average Bonchev–Trinajstić information content (AvgIpc) is 2.47. The van der Waals surface area contributed by atoms with Crippen molar-refractivity contribution >= 4 is 57.4 Å². The number of pyridine rings is 1. The van der Waals surface area contributed by atoms with Crippen molar-refractivity contribution in [3.63, 3.8) is 0 Å². The fourth-order valence-corrected chi connectivity index (χ4v) is 3.03. The summed E-state index contributed by atoms with van der Waals surface area (Å²) in [7, 11) is 0. The van der Waals surface area contributed by atoms with Crippen molar-refractivity contribution in [2.24, 2.45) is 0 Å². The molecule has 0 saturated carbocycles. The highest BCUT2D eigenvalue weighted by Crippen LogP contribution is 2.36. The fourth-order valence-electron chi connectivity index (χ4n) is 2.36. The summed E-state index contributed by atoms with van der Waals surface area (Å²) < 4.78 is 0. The average molecular weight is 368 g/mol. The van der Waals surface area contributed by atoms with Crippen LogP contribution in [0.25, 0.3) is 22.2 Å². The normalized spacial score (nSPS) is 10.9. The molecule has 1 aromatic heterocycles. The molecule has 3 N–H and O–H groups in total. The Labute approximate surface area is 146 Å². The molecule has 23 heavy (non-hydrogen) atoms. The Morgan fingerprint density at radius 1 is 1.04 bits per heavy atom. The number of halogens is 3. The van der Waals surface area contributed by atoms with Gasteiger partial charge < -0.3 is 10.8 Å². The molecular weight excluding hydrogens is 359 g/mol. The van der Waals surface area contributed by atoms with Crippen molar-refractivity contribution < 1.29 is 9.90 Å². The first-order valence-corrected chi connectivity index (χ1v) is 7.59. The number of fused-ring (bicyclic) bond motifs is 1. The number of anilines is 1. The van der Waals surface area contributed by atoms with Crippen molar-refractivity contribution in [3.05, 3.63) is 57.0 Å². The van der Waals surface area contributed by atoms with Crippen molar-refractivity contribution in [1.82, 2.24) is 4.98 Å². The number of benzene rings is 2. The van der Waals surface area contributed by atoms with Crippen LogP contribution in [-0.2, 0) is 0 Å². The third-order valence-corrected chi connectivity index (χ3v) is 4.14. The predicted octanol–water partition coefficient (Wildman–Crippen LogP) is 5.14. The van der Waals surface area contributed by atoms with Gasteiger partial charge in [0.25, 0.3) is 0 Å². The van der Waals surface area contributed by atoms with Crippen LogP contribution < -0.4 is 5.73 Å². The molecule has 3 rings (SSSR count). The second kappa shape index (κ2) is 5.89. The minimum absolute atomic E-state index is 0.0469. The first-order valence-electron chi connectivity index (χ1n) is 6.46. The third kappa shape index (κ3) is 2.81. The molecule has 0 saturated heterocycles. The molecule has 0 aliphatic rings. The number of aromatic nitrogens is 1. The van der Waals surface area contributed by atoms with Gasteiger partial charge in [-0.2, -0.15) is 0 Å². The number of hydrogen-bond acceptors (Lipinski definition) is 3. The van der Waals surface area contributed by atoms with Gasteiger partial charge in [-0.1, -0.05) is 46.9 Å². The Balaban J connectivity index is 2.42. The summed E-state index contributed by atoms with van der Waals surface area (Å²) in [4.78, 5) is 16.1. The smallest absolute Gasteiger partial charge is 0.338 e. The highest BCUT2D eigenvalue weighted by molar-refractivity contribution is 6.39. The quantitative estimate of drug-likeness (QED) is 0.657. The van der Waals surface area contributed by atoms with Crippen LogP contribution in [0.4, 0.5) is 5.69 Å². The molecule has 0 radical (unpaired) electrons. The Morgan fingerprint density at radius 2 is 1.70 bits per heavy atom. The zero-order valence-corrected chi connectivity index (χ0v) is 13.7. The monoisotopic (exact) mass is 366 g/mol. The highest BCUT2D eigenvalue weighted by Gasteiger charge is 2.21. The first-order chi connectivity index (χ1) is 10.9. The van der Waals surface area contributed by atoms with Crippen molar-refractivity contribution in [3.8, 4) is 11.3 Å². The lowest BCUT2D eigenvalue weighted by Crippen LogP contribution is -2.07. The van der Waals surface area contributed by atoms with Crippen molar-refractivity contribution in [2.45, 2.75) is 0 Å². The van der Waals surface area contributed by atoms with Gasteiger partial charge in [-0.25, -0.2) is 9.78 Å². The molecule has 0 bridgehead atoms. The lowest BCUT2D eigenvalue weighted by Gasteiger charge is -2.13. The van der Waals surface area contributed by atoms with E-state index in [1.807, 2.05) is 0 Å². The van der Waals surface area contributed by atoms with Crippen LogP contribution in [0.5, 0.6) is 0 Å². The van der Waals surface area contributed by atoms with E-state index in [9.17, 15) is 9.90 Å². The van der Waals surface area contributed by atoms with Crippen molar-refractivity contribution in [2.75, 3.05) is 5.73 Å². The van der Waals surface area contributed by atoms with Crippen LogP contribution in [-0.4, -0.2) is 16.1 Å². The molecule has 0 aliphatic heterocycles. The van der Waals surface area contributed by atoms with Gasteiger partial charge in [0.2, 0.25) is 0 Å². The van der Waals surface area contributed by atoms with Gasteiger partial charge in [0.05, 0.1) is 27.5 Å². The van der Waals surface area contributed by atoms with Crippen LogP contribution in [0.15, 0.2) is 36.4 Å². The van der Waals surface area contributed by atoms with E-state index < -0.39 is 5.97 Å². The van der Waals surface area contributed by atoms with E-state index in [1.54, 1.807) is 24.3 Å². The summed E-state index contributed by atoms with van der Waals surface area (Å²) in [6.45, 7) is 0. The molecule has 0 fully saturated rings. The minimum Gasteiger partial charge on any atom is -0.478 e. The van der Waals surface area contributed by atoms with Gasteiger partial charge in [-0.15, -0.1) is 0 Å². The van der Waals surface area contributed by atoms with Gasteiger partial charge in [0.1, 0.15) is 0 Å². The molecule has 0 amide bonds. The molecule has 2 aromatic carbocycles. The topological polar surface area (TPSA) is 76.2 Å². The Kier molecular flexibility index (Phi) is 4.06. The zero-order valence-electron chi connectivity index (χ0n) is 11.5. The largest absolute Gasteiger partial charge is 0.478 e. The maximum atomic E-state index is 11.7. The first kappa shape index (κ1) is 15.9. The molecule has 3 aromatic rings. The number of aromatic carboxylic acids is 1. The maximum Gasteiger partial charge on any atom is 0.338 e. The number of carboxylic acid groups (broad SMARTS) is 1. The molecule has 1 heterocycles. The summed E-state index contributed by atoms with van der Waals surface area (Å²) in [5.41, 5.74) is 7.32. The molecular formula is C16H9Cl3N2O2. The van der Waals surface area contributed by atoms with Crippen LogP contribution in [0.3, 0.4) is 0 Å². The Bertz CT molecular complexity index is 940. The summed E-state index contributed by atoms with van der Waals surface area (Å²) in [6.07, 6.45) is 0. The number of hydrogen-bond donors (Lipinski definition) is 2. The highest BCUT2D eigenvalue weighted by atomic mass is 35.5. The number of carboxylic acids is 1. The molecule has 4 nitrogen and oxygen atoms in total. The second-order valence-corrected chi connectivity index (χ2v) is 6.12. The van der Waals surface area contributed by atoms with E-state index in [0.29, 0.717) is 32.2 Å². The molecule has 0 spiro atoms. The van der Waals surface area contributed by atoms with E-state index >= 15 is 0 Å². The van der Waals surface area contributed by atoms with E-state index in [-0.39, 0.29) is 16.3 Å². The summed E-state index contributed by atoms with van der Waals surface area (Å²) in [5, 5.41) is 11.0. The predicted molar refractivity (Wildman–Crippen MR) is 93.6 cm³/mol. The van der Waals surface area contributed by atoms with Crippen molar-refractivity contribution in [1.29, 1.82) is 0 Å². The summed E-state index contributed by atoms with van der Waals surface area (Å²) >= 11 is 18.0. The van der Waals surface area contributed by atoms with Crippen LogP contribution in [0.1, 0.15) is 10.4 Å². The lowest BCUT2D eigenvalue weighted by atomic mass is 10.0. The lowest BCUT2D eigenvalue weighted by molar-refractivity contribution is 0.0700. The van der Waals surface area contributed by atoms with Crippen LogP contribution in [0.2, 0.25) is 15.1 Å². The maximum absolute atomic E-state index is 11.7. The Hall–Kier alpha value is -2.01. The SMILES string of the molecule is Nc1c(-c2ccc(Cl)cc2)nc2c(Cl)cc(Cl)cc2c1C(=O)O. The van der Waals surface area contributed by atoms with Gasteiger partial charge >= 0.3 is 5.97 Å². The van der Waals surface area contributed by atoms with E-state index in [0.717, 1.165) is 0 Å². The molecule has 7 heteroatoms. The molecule has 116 valence electrons. The number of nitrogens with two attached hydrogens (primary N) is 1. The molecule has 0 unspecified atom stereocenters. The minimum atomic E-state index is -1.18. The molecule has 0 atom stereocenters.